The minimum Gasteiger partial charge on any atom is -0.338 e. The van der Waals surface area contributed by atoms with Crippen molar-refractivity contribution in [2.75, 3.05) is 6.54 Å². The van der Waals surface area contributed by atoms with Gasteiger partial charge in [0.25, 0.3) is 0 Å². The largest absolute Gasteiger partial charge is 0.338 e. The van der Waals surface area contributed by atoms with Gasteiger partial charge in [-0.3, -0.25) is 4.79 Å². The van der Waals surface area contributed by atoms with Gasteiger partial charge in [-0.05, 0) is 34.9 Å². The molecule has 1 N–H and O–H groups in total. The van der Waals surface area contributed by atoms with Crippen LogP contribution in [0.1, 0.15) is 17.5 Å². The zero-order valence-electron chi connectivity index (χ0n) is 11.5. The van der Waals surface area contributed by atoms with E-state index in [9.17, 15) is 4.79 Å². The summed E-state index contributed by atoms with van der Waals surface area (Å²) in [4.78, 5) is 13.9. The quantitative estimate of drug-likeness (QED) is 0.865. The summed E-state index contributed by atoms with van der Waals surface area (Å²) in [5, 5.41) is 14.0. The van der Waals surface area contributed by atoms with E-state index in [0.29, 0.717) is 18.8 Å². The predicted molar refractivity (Wildman–Crippen MR) is 77.1 cm³/mol. The predicted octanol–water partition coefficient (Wildman–Crippen LogP) is 1.48. The van der Waals surface area contributed by atoms with Gasteiger partial charge in [0.15, 0.2) is 0 Å². The number of nitrogens with one attached hydrogen (secondary N) is 1. The number of hydrogen-bond acceptors (Lipinski definition) is 4. The van der Waals surface area contributed by atoms with E-state index in [2.05, 4.69) is 39.0 Å². The molecule has 0 saturated heterocycles. The standard InChI is InChI=1S/C15H15N5O/c1-2-3-4-14(21)20-8-7-11-5-6-12(9-13(11)10-20)15-16-18-19-17-15/h3,5-6,9H,1,4,7-8,10H2,(H,16,17,18,19). The highest BCUT2D eigenvalue weighted by molar-refractivity contribution is 5.78. The van der Waals surface area contributed by atoms with Crippen LogP contribution in [-0.4, -0.2) is 38.0 Å². The van der Waals surface area contributed by atoms with Gasteiger partial charge in [0.05, 0.1) is 6.42 Å². The van der Waals surface area contributed by atoms with Crippen molar-refractivity contribution in [3.63, 3.8) is 0 Å². The lowest BCUT2D eigenvalue weighted by Crippen LogP contribution is -2.35. The van der Waals surface area contributed by atoms with E-state index >= 15 is 0 Å². The Morgan fingerprint density at radius 3 is 3.14 bits per heavy atom. The second-order valence-corrected chi connectivity index (χ2v) is 4.90. The van der Waals surface area contributed by atoms with Gasteiger partial charge in [-0.1, -0.05) is 18.7 Å². The highest BCUT2D eigenvalue weighted by Crippen LogP contribution is 2.24. The zero-order valence-corrected chi connectivity index (χ0v) is 11.5. The molecule has 1 aromatic carbocycles. The maximum Gasteiger partial charge on any atom is 0.227 e. The summed E-state index contributed by atoms with van der Waals surface area (Å²) in [6.45, 7) is 4.84. The molecule has 1 amide bonds. The molecule has 0 spiro atoms. The highest BCUT2D eigenvalue weighted by atomic mass is 16.2. The van der Waals surface area contributed by atoms with Crippen LogP contribution in [0.2, 0.25) is 0 Å². The molecular formula is C15H15N5O. The van der Waals surface area contributed by atoms with Crippen molar-refractivity contribution < 1.29 is 4.79 Å². The smallest absolute Gasteiger partial charge is 0.227 e. The van der Waals surface area contributed by atoms with Gasteiger partial charge in [-0.25, -0.2) is 0 Å². The van der Waals surface area contributed by atoms with E-state index in [1.165, 1.54) is 5.56 Å². The molecule has 2 aromatic rings. The number of rotatable bonds is 3. The van der Waals surface area contributed by atoms with Crippen LogP contribution in [0.25, 0.3) is 11.4 Å². The van der Waals surface area contributed by atoms with E-state index in [1.54, 1.807) is 6.08 Å². The molecule has 21 heavy (non-hydrogen) atoms. The molecule has 0 aliphatic carbocycles. The number of tetrazole rings is 1. The van der Waals surface area contributed by atoms with Crippen LogP contribution in [0.15, 0.2) is 36.6 Å². The zero-order chi connectivity index (χ0) is 14.7. The molecule has 2 heterocycles. The number of fused-ring (bicyclic) bond motifs is 1. The molecule has 0 bridgehead atoms. The lowest BCUT2D eigenvalue weighted by atomic mass is 9.97. The fourth-order valence-corrected chi connectivity index (χ4v) is 2.48. The minimum atomic E-state index is 0.0989. The Bertz CT molecular complexity index is 701. The minimum absolute atomic E-state index is 0.0989. The summed E-state index contributed by atoms with van der Waals surface area (Å²) < 4.78 is 0. The lowest BCUT2D eigenvalue weighted by molar-refractivity contribution is -0.131. The monoisotopic (exact) mass is 281 g/mol. The van der Waals surface area contributed by atoms with Crippen molar-refractivity contribution in [2.45, 2.75) is 19.4 Å². The number of benzene rings is 1. The number of aromatic amines is 1. The SMILES string of the molecule is C=C=CCC(=O)N1CCc2ccc(-c3nn[nH]n3)cc2C1. The first kappa shape index (κ1) is 13.3. The van der Waals surface area contributed by atoms with Crippen molar-refractivity contribution in [1.29, 1.82) is 0 Å². The number of amides is 1. The summed E-state index contributed by atoms with van der Waals surface area (Å²) in [7, 11) is 0. The Labute approximate surface area is 122 Å². The normalized spacial score (nSPS) is 13.4. The fraction of sp³-hybridized carbons (Fsp3) is 0.267. The second kappa shape index (κ2) is 5.73. The third kappa shape index (κ3) is 2.75. The van der Waals surface area contributed by atoms with Crippen LogP contribution in [0.3, 0.4) is 0 Å². The van der Waals surface area contributed by atoms with Crippen molar-refractivity contribution in [3.05, 3.63) is 47.7 Å². The van der Waals surface area contributed by atoms with E-state index < -0.39 is 0 Å². The van der Waals surface area contributed by atoms with Gasteiger partial charge in [-0.15, -0.1) is 15.9 Å². The second-order valence-electron chi connectivity index (χ2n) is 4.90. The van der Waals surface area contributed by atoms with Crippen LogP contribution in [0, 0.1) is 0 Å². The van der Waals surface area contributed by atoms with E-state index in [0.717, 1.165) is 24.1 Å². The molecule has 0 atom stereocenters. The van der Waals surface area contributed by atoms with Gasteiger partial charge in [0.1, 0.15) is 0 Å². The summed E-state index contributed by atoms with van der Waals surface area (Å²) in [6, 6.07) is 6.09. The molecule has 0 saturated carbocycles. The Kier molecular flexibility index (Phi) is 3.62. The molecule has 1 aliphatic rings. The van der Waals surface area contributed by atoms with Crippen molar-refractivity contribution in [1.82, 2.24) is 25.5 Å². The van der Waals surface area contributed by atoms with Crippen LogP contribution in [0.5, 0.6) is 0 Å². The number of hydrogen-bond donors (Lipinski definition) is 1. The summed E-state index contributed by atoms with van der Waals surface area (Å²) in [5.41, 5.74) is 5.95. The van der Waals surface area contributed by atoms with Gasteiger partial charge < -0.3 is 4.90 Å². The van der Waals surface area contributed by atoms with Gasteiger partial charge in [0, 0.05) is 18.7 Å². The number of carbonyl (C=O) groups excluding carboxylic acids is 1. The van der Waals surface area contributed by atoms with Gasteiger partial charge >= 0.3 is 0 Å². The topological polar surface area (TPSA) is 74.8 Å². The Morgan fingerprint density at radius 1 is 1.48 bits per heavy atom. The lowest BCUT2D eigenvalue weighted by Gasteiger charge is -2.28. The van der Waals surface area contributed by atoms with Crippen molar-refractivity contribution >= 4 is 5.91 Å². The molecular weight excluding hydrogens is 266 g/mol. The van der Waals surface area contributed by atoms with Gasteiger partial charge in [-0.2, -0.15) is 5.21 Å². The van der Waals surface area contributed by atoms with Gasteiger partial charge in [0.2, 0.25) is 11.7 Å². The Morgan fingerprint density at radius 2 is 2.38 bits per heavy atom. The average molecular weight is 281 g/mol. The third-order valence-electron chi connectivity index (χ3n) is 3.60. The number of aromatic nitrogens is 4. The first-order valence-corrected chi connectivity index (χ1v) is 6.75. The van der Waals surface area contributed by atoms with E-state index in [-0.39, 0.29) is 5.91 Å². The summed E-state index contributed by atoms with van der Waals surface area (Å²) >= 11 is 0. The molecule has 106 valence electrons. The summed E-state index contributed by atoms with van der Waals surface area (Å²) in [6.07, 6.45) is 2.88. The molecule has 0 radical (unpaired) electrons. The molecule has 3 rings (SSSR count). The van der Waals surface area contributed by atoms with E-state index in [4.69, 9.17) is 0 Å². The van der Waals surface area contributed by atoms with Crippen molar-refractivity contribution in [3.8, 4) is 11.4 Å². The average Bonchev–Trinajstić information content (AvgIpc) is 3.06. The highest BCUT2D eigenvalue weighted by Gasteiger charge is 2.20. The van der Waals surface area contributed by atoms with Crippen LogP contribution in [0.4, 0.5) is 0 Å². The number of carbonyl (C=O) groups is 1. The maximum atomic E-state index is 12.1. The van der Waals surface area contributed by atoms with Crippen molar-refractivity contribution in [2.24, 2.45) is 0 Å². The maximum absolute atomic E-state index is 12.1. The van der Waals surface area contributed by atoms with Crippen LogP contribution < -0.4 is 0 Å². The number of nitrogens with zero attached hydrogens (tertiary/aromatic N) is 4. The van der Waals surface area contributed by atoms with Crippen LogP contribution in [-0.2, 0) is 17.8 Å². The molecule has 1 aromatic heterocycles. The Hall–Kier alpha value is -2.72. The summed E-state index contributed by atoms with van der Waals surface area (Å²) in [5.74, 6) is 0.664. The molecule has 1 aliphatic heterocycles. The molecule has 6 nitrogen and oxygen atoms in total. The fourth-order valence-electron chi connectivity index (χ4n) is 2.48. The first-order valence-electron chi connectivity index (χ1n) is 6.75. The molecule has 0 unspecified atom stereocenters. The Balaban J connectivity index is 1.82. The third-order valence-corrected chi connectivity index (χ3v) is 3.60. The molecule has 0 fully saturated rings. The number of H-pyrrole nitrogens is 1. The molecule has 6 heteroatoms. The first-order chi connectivity index (χ1) is 10.3. The van der Waals surface area contributed by atoms with Crippen LogP contribution >= 0.6 is 0 Å². The van der Waals surface area contributed by atoms with E-state index in [1.807, 2.05) is 17.0 Å².